The Morgan fingerprint density at radius 1 is 0.710 bits per heavy atom. The minimum absolute atomic E-state index is 0.215. The largest absolute Gasteiger partial charge is 0.462 e. The first-order valence-electron chi connectivity index (χ1n) is 11.3. The van der Waals surface area contributed by atoms with E-state index in [0.29, 0.717) is 12.4 Å². The molecule has 2 rings (SSSR count). The molecule has 0 aliphatic rings. The van der Waals surface area contributed by atoms with Crippen LogP contribution in [0.15, 0.2) is 54.6 Å². The van der Waals surface area contributed by atoms with Crippen LogP contribution in [0.1, 0.15) is 85.9 Å². The molecule has 0 aliphatic heterocycles. The second kappa shape index (κ2) is 17.1. The van der Waals surface area contributed by atoms with Crippen molar-refractivity contribution in [3.63, 3.8) is 0 Å². The van der Waals surface area contributed by atoms with E-state index in [0.717, 1.165) is 12.8 Å². The lowest BCUT2D eigenvalue weighted by Crippen LogP contribution is -2.16. The van der Waals surface area contributed by atoms with Crippen molar-refractivity contribution < 1.29 is 24.2 Å². The van der Waals surface area contributed by atoms with Gasteiger partial charge in [0.05, 0.1) is 17.7 Å². The fourth-order valence-corrected chi connectivity index (χ4v) is 2.97. The Labute approximate surface area is 186 Å². The molecule has 1 N–H and O–H groups in total. The number of aliphatic hydroxyl groups excluding tert-OH is 1. The van der Waals surface area contributed by atoms with Crippen molar-refractivity contribution in [2.24, 2.45) is 0 Å². The minimum atomic E-state index is -0.564. The standard InChI is InChI=1S/C24H30O4.C2H6O/c1-2-3-4-5-6-7-8-14-19-27-23(25)21-17-12-13-18-22(21)24(26)28-20-15-10-9-11-16-20;1-2-3/h9-13,15-18H,2-8,14,19H2,1H3;3H,2H2,1H3. The first kappa shape index (κ1) is 26.4. The summed E-state index contributed by atoms with van der Waals surface area (Å²) in [5.74, 6) is -0.607. The van der Waals surface area contributed by atoms with Crippen molar-refractivity contribution in [2.75, 3.05) is 13.2 Å². The quantitative estimate of drug-likeness (QED) is 0.247. The van der Waals surface area contributed by atoms with Gasteiger partial charge in [-0.15, -0.1) is 0 Å². The lowest BCUT2D eigenvalue weighted by molar-refractivity contribution is 0.0489. The van der Waals surface area contributed by atoms with Crippen molar-refractivity contribution in [3.05, 3.63) is 65.7 Å². The molecule has 0 radical (unpaired) electrons. The number of unbranched alkanes of at least 4 members (excludes halogenated alkanes) is 7. The summed E-state index contributed by atoms with van der Waals surface area (Å²) in [4.78, 5) is 24.8. The smallest absolute Gasteiger partial charge is 0.344 e. The van der Waals surface area contributed by atoms with E-state index in [4.69, 9.17) is 14.6 Å². The molecule has 5 nitrogen and oxygen atoms in total. The Hall–Kier alpha value is -2.66. The number of benzene rings is 2. The molecular weight excluding hydrogens is 392 g/mol. The van der Waals surface area contributed by atoms with Crippen LogP contribution in [-0.4, -0.2) is 30.3 Å². The van der Waals surface area contributed by atoms with Crippen LogP contribution in [0.4, 0.5) is 0 Å². The summed E-state index contributed by atoms with van der Waals surface area (Å²) >= 11 is 0. The van der Waals surface area contributed by atoms with Crippen LogP contribution < -0.4 is 4.74 Å². The summed E-state index contributed by atoms with van der Waals surface area (Å²) in [7, 11) is 0. The predicted octanol–water partition coefficient (Wildman–Crippen LogP) is 6.20. The van der Waals surface area contributed by atoms with Gasteiger partial charge in [-0.2, -0.15) is 0 Å². The zero-order valence-corrected chi connectivity index (χ0v) is 18.8. The van der Waals surface area contributed by atoms with Gasteiger partial charge in [-0.05, 0) is 37.6 Å². The van der Waals surface area contributed by atoms with Gasteiger partial charge in [0.15, 0.2) is 0 Å². The zero-order valence-electron chi connectivity index (χ0n) is 18.8. The molecule has 0 aromatic heterocycles. The maximum Gasteiger partial charge on any atom is 0.344 e. The number of rotatable bonds is 12. The van der Waals surface area contributed by atoms with Crippen molar-refractivity contribution >= 4 is 11.9 Å². The van der Waals surface area contributed by atoms with E-state index >= 15 is 0 Å². The van der Waals surface area contributed by atoms with Crippen molar-refractivity contribution in [3.8, 4) is 5.75 Å². The molecule has 0 unspecified atom stereocenters. The molecule has 5 heteroatoms. The van der Waals surface area contributed by atoms with Crippen LogP contribution in [0, 0.1) is 0 Å². The highest BCUT2D eigenvalue weighted by molar-refractivity contribution is 6.03. The van der Waals surface area contributed by atoms with Crippen LogP contribution in [0.3, 0.4) is 0 Å². The first-order valence-corrected chi connectivity index (χ1v) is 11.3. The van der Waals surface area contributed by atoms with E-state index in [1.165, 1.54) is 38.5 Å². The molecular formula is C26H36O5. The summed E-state index contributed by atoms with van der Waals surface area (Å²) in [5.41, 5.74) is 0.454. The molecule has 0 saturated heterocycles. The number of carbonyl (C=O) groups is 2. The van der Waals surface area contributed by atoms with Gasteiger partial charge in [-0.25, -0.2) is 9.59 Å². The molecule has 0 amide bonds. The predicted molar refractivity (Wildman–Crippen MR) is 123 cm³/mol. The van der Waals surface area contributed by atoms with Gasteiger partial charge in [-0.1, -0.05) is 82.2 Å². The van der Waals surface area contributed by atoms with Crippen LogP contribution in [0.25, 0.3) is 0 Å². The third kappa shape index (κ3) is 11.3. The van der Waals surface area contributed by atoms with E-state index in [9.17, 15) is 9.59 Å². The van der Waals surface area contributed by atoms with Gasteiger partial charge in [0.2, 0.25) is 0 Å². The Morgan fingerprint density at radius 2 is 1.19 bits per heavy atom. The van der Waals surface area contributed by atoms with Gasteiger partial charge in [0.25, 0.3) is 0 Å². The molecule has 2 aromatic carbocycles. The number of aliphatic hydroxyl groups is 1. The highest BCUT2D eigenvalue weighted by atomic mass is 16.5. The zero-order chi connectivity index (χ0) is 22.7. The summed E-state index contributed by atoms with van der Waals surface area (Å²) in [6.45, 7) is 4.52. The molecule has 0 bridgehead atoms. The molecule has 0 spiro atoms. The highest BCUT2D eigenvalue weighted by Crippen LogP contribution is 2.16. The molecule has 0 saturated carbocycles. The monoisotopic (exact) mass is 428 g/mol. The van der Waals surface area contributed by atoms with Crippen LogP contribution in [0.2, 0.25) is 0 Å². The number of hydrogen-bond acceptors (Lipinski definition) is 5. The molecule has 170 valence electrons. The molecule has 0 aliphatic carbocycles. The van der Waals surface area contributed by atoms with E-state index in [1.54, 1.807) is 55.5 Å². The maximum atomic E-state index is 12.4. The number of carbonyl (C=O) groups excluding carboxylic acids is 2. The second-order valence-corrected chi connectivity index (χ2v) is 7.18. The number of ether oxygens (including phenoxy) is 2. The molecule has 2 aromatic rings. The average molecular weight is 429 g/mol. The van der Waals surface area contributed by atoms with Gasteiger partial charge >= 0.3 is 11.9 Å². The molecule has 0 atom stereocenters. The minimum Gasteiger partial charge on any atom is -0.462 e. The van der Waals surface area contributed by atoms with Crippen molar-refractivity contribution in [2.45, 2.75) is 65.2 Å². The Balaban J connectivity index is 0.00000151. The van der Waals surface area contributed by atoms with Crippen LogP contribution in [-0.2, 0) is 4.74 Å². The van der Waals surface area contributed by atoms with Crippen molar-refractivity contribution in [1.29, 1.82) is 0 Å². The lowest BCUT2D eigenvalue weighted by atomic mass is 10.1. The Kier molecular flexibility index (Phi) is 14.5. The third-order valence-corrected chi connectivity index (χ3v) is 4.55. The van der Waals surface area contributed by atoms with Gasteiger partial charge in [0.1, 0.15) is 5.75 Å². The SMILES string of the molecule is CCCCCCCCCCOC(=O)c1ccccc1C(=O)Oc1ccccc1.CCO. The van der Waals surface area contributed by atoms with E-state index in [-0.39, 0.29) is 17.7 Å². The van der Waals surface area contributed by atoms with Gasteiger partial charge < -0.3 is 14.6 Å². The van der Waals surface area contributed by atoms with Crippen molar-refractivity contribution in [1.82, 2.24) is 0 Å². The third-order valence-electron chi connectivity index (χ3n) is 4.55. The molecule has 0 fully saturated rings. The second-order valence-electron chi connectivity index (χ2n) is 7.18. The highest BCUT2D eigenvalue weighted by Gasteiger charge is 2.19. The maximum absolute atomic E-state index is 12.4. The van der Waals surface area contributed by atoms with Crippen LogP contribution >= 0.6 is 0 Å². The van der Waals surface area contributed by atoms with Gasteiger partial charge in [-0.3, -0.25) is 0 Å². The fraction of sp³-hybridized carbons (Fsp3) is 0.462. The summed E-state index contributed by atoms with van der Waals surface area (Å²) in [6, 6.07) is 15.4. The molecule has 31 heavy (non-hydrogen) atoms. The Bertz CT molecular complexity index is 742. The van der Waals surface area contributed by atoms with E-state index < -0.39 is 11.9 Å². The van der Waals surface area contributed by atoms with Gasteiger partial charge in [0, 0.05) is 6.61 Å². The van der Waals surface area contributed by atoms with E-state index in [2.05, 4.69) is 6.92 Å². The summed E-state index contributed by atoms with van der Waals surface area (Å²) < 4.78 is 10.7. The number of para-hydroxylation sites is 1. The summed E-state index contributed by atoms with van der Waals surface area (Å²) in [5, 5.41) is 7.57. The Morgan fingerprint density at radius 3 is 1.77 bits per heavy atom. The number of esters is 2. The lowest BCUT2D eigenvalue weighted by Gasteiger charge is -2.09. The first-order chi connectivity index (χ1) is 15.1. The topological polar surface area (TPSA) is 72.8 Å². The van der Waals surface area contributed by atoms with E-state index in [1.807, 2.05) is 6.07 Å². The fourth-order valence-electron chi connectivity index (χ4n) is 2.97. The molecule has 0 heterocycles. The normalized spacial score (nSPS) is 10.0. The van der Waals surface area contributed by atoms with Crippen LogP contribution in [0.5, 0.6) is 5.75 Å². The number of hydrogen-bond donors (Lipinski definition) is 1. The average Bonchev–Trinajstić information content (AvgIpc) is 2.79. The summed E-state index contributed by atoms with van der Waals surface area (Å²) in [6.07, 6.45) is 9.46.